The first kappa shape index (κ1) is 16.0. The van der Waals surface area contributed by atoms with Crippen LogP contribution in [0.1, 0.15) is 53.9 Å². The van der Waals surface area contributed by atoms with Gasteiger partial charge < -0.3 is 10.1 Å². The summed E-state index contributed by atoms with van der Waals surface area (Å²) >= 11 is 0. The zero-order chi connectivity index (χ0) is 14.6. The van der Waals surface area contributed by atoms with E-state index in [2.05, 4.69) is 33.0 Å². The van der Waals surface area contributed by atoms with Gasteiger partial charge in [-0.05, 0) is 31.6 Å². The second-order valence-electron chi connectivity index (χ2n) is 6.49. The van der Waals surface area contributed by atoms with Gasteiger partial charge in [0, 0.05) is 11.8 Å². The topological polar surface area (TPSA) is 55.4 Å². The van der Waals surface area contributed by atoms with E-state index in [9.17, 15) is 9.59 Å². The average Bonchev–Trinajstić information content (AvgIpc) is 2.53. The molecule has 1 aliphatic heterocycles. The Hall–Kier alpha value is -1.06. The Morgan fingerprint density at radius 1 is 1.32 bits per heavy atom. The Bertz CT molecular complexity index is 326. The number of amides is 1. The molecule has 0 saturated carbocycles. The van der Waals surface area contributed by atoms with E-state index in [1.807, 2.05) is 0 Å². The Morgan fingerprint density at radius 3 is 2.26 bits per heavy atom. The van der Waals surface area contributed by atoms with Gasteiger partial charge in [-0.1, -0.05) is 27.7 Å². The predicted octanol–water partition coefficient (Wildman–Crippen LogP) is 2.52. The molecule has 4 heteroatoms. The highest BCUT2D eigenvalue weighted by molar-refractivity contribution is 5.90. The van der Waals surface area contributed by atoms with Gasteiger partial charge in [-0.3, -0.25) is 4.79 Å². The highest BCUT2D eigenvalue weighted by atomic mass is 16.5. The maximum absolute atomic E-state index is 12.1. The highest BCUT2D eigenvalue weighted by Gasteiger charge is 2.51. The van der Waals surface area contributed by atoms with Crippen molar-refractivity contribution in [3.8, 4) is 0 Å². The minimum atomic E-state index is -0.482. The summed E-state index contributed by atoms with van der Waals surface area (Å²) in [4.78, 5) is 24.0. The standard InChI is InChI=1S/C15H27NO3/c1-6-19-14(18)13-15(7-10(2)3,8-11(4)5)9-12(17)16-13/h10-11,13H,6-9H2,1-5H3,(H,16,17). The molecule has 0 aromatic carbocycles. The van der Waals surface area contributed by atoms with Gasteiger partial charge >= 0.3 is 5.97 Å². The molecule has 1 saturated heterocycles. The normalized spacial score (nSPS) is 21.8. The lowest BCUT2D eigenvalue weighted by Gasteiger charge is -2.35. The number of esters is 1. The first-order chi connectivity index (χ1) is 8.80. The number of ether oxygens (including phenoxy) is 1. The van der Waals surface area contributed by atoms with Crippen LogP contribution in [0.15, 0.2) is 0 Å². The van der Waals surface area contributed by atoms with E-state index >= 15 is 0 Å². The smallest absolute Gasteiger partial charge is 0.329 e. The largest absolute Gasteiger partial charge is 0.464 e. The van der Waals surface area contributed by atoms with Crippen LogP contribution in [0.4, 0.5) is 0 Å². The van der Waals surface area contributed by atoms with E-state index in [0.29, 0.717) is 24.9 Å². The van der Waals surface area contributed by atoms with Crippen LogP contribution in [0.5, 0.6) is 0 Å². The van der Waals surface area contributed by atoms with Crippen LogP contribution in [-0.2, 0) is 14.3 Å². The lowest BCUT2D eigenvalue weighted by molar-refractivity contribution is -0.149. The molecular formula is C15H27NO3. The fourth-order valence-corrected chi connectivity index (χ4v) is 3.41. The summed E-state index contributed by atoms with van der Waals surface area (Å²) in [6, 6.07) is -0.482. The maximum atomic E-state index is 12.1. The zero-order valence-corrected chi connectivity index (χ0v) is 12.8. The zero-order valence-electron chi connectivity index (χ0n) is 12.8. The molecule has 1 fully saturated rings. The molecule has 4 nitrogen and oxygen atoms in total. The summed E-state index contributed by atoms with van der Waals surface area (Å²) in [5.74, 6) is 0.584. The van der Waals surface area contributed by atoms with Crippen molar-refractivity contribution in [3.05, 3.63) is 0 Å². The summed E-state index contributed by atoms with van der Waals surface area (Å²) in [6.45, 7) is 10.7. The van der Waals surface area contributed by atoms with Crippen LogP contribution in [-0.4, -0.2) is 24.5 Å². The first-order valence-electron chi connectivity index (χ1n) is 7.26. The van der Waals surface area contributed by atoms with Crippen LogP contribution in [0.25, 0.3) is 0 Å². The maximum Gasteiger partial charge on any atom is 0.329 e. The van der Waals surface area contributed by atoms with E-state index in [0.717, 1.165) is 12.8 Å². The van der Waals surface area contributed by atoms with Crippen molar-refractivity contribution >= 4 is 11.9 Å². The summed E-state index contributed by atoms with van der Waals surface area (Å²) < 4.78 is 5.14. The van der Waals surface area contributed by atoms with Gasteiger partial charge in [0.05, 0.1) is 6.61 Å². The van der Waals surface area contributed by atoms with Crippen LogP contribution < -0.4 is 5.32 Å². The lowest BCUT2D eigenvalue weighted by Crippen LogP contribution is -2.46. The van der Waals surface area contributed by atoms with Crippen molar-refractivity contribution < 1.29 is 14.3 Å². The molecule has 0 spiro atoms. The molecule has 1 aliphatic rings. The fraction of sp³-hybridized carbons (Fsp3) is 0.867. The van der Waals surface area contributed by atoms with Gasteiger partial charge in [-0.2, -0.15) is 0 Å². The van der Waals surface area contributed by atoms with Gasteiger partial charge in [0.2, 0.25) is 5.91 Å². The van der Waals surface area contributed by atoms with E-state index in [4.69, 9.17) is 4.74 Å². The predicted molar refractivity (Wildman–Crippen MR) is 74.5 cm³/mol. The molecule has 1 heterocycles. The van der Waals surface area contributed by atoms with E-state index in [1.165, 1.54) is 0 Å². The highest BCUT2D eigenvalue weighted by Crippen LogP contribution is 2.44. The van der Waals surface area contributed by atoms with Crippen molar-refractivity contribution in [2.75, 3.05) is 6.61 Å². The SMILES string of the molecule is CCOC(=O)C1NC(=O)CC1(CC(C)C)CC(C)C. The van der Waals surface area contributed by atoms with Crippen LogP contribution >= 0.6 is 0 Å². The third-order valence-electron chi connectivity index (χ3n) is 3.58. The van der Waals surface area contributed by atoms with Crippen LogP contribution in [0, 0.1) is 17.3 Å². The second-order valence-corrected chi connectivity index (χ2v) is 6.49. The second kappa shape index (κ2) is 6.40. The minimum Gasteiger partial charge on any atom is -0.464 e. The van der Waals surface area contributed by atoms with Crippen molar-refractivity contribution in [3.63, 3.8) is 0 Å². The third kappa shape index (κ3) is 3.95. The number of carbonyl (C=O) groups is 2. The summed E-state index contributed by atoms with van der Waals surface area (Å²) in [6.07, 6.45) is 2.17. The quantitative estimate of drug-likeness (QED) is 0.754. The third-order valence-corrected chi connectivity index (χ3v) is 3.58. The summed E-state index contributed by atoms with van der Waals surface area (Å²) in [7, 11) is 0. The summed E-state index contributed by atoms with van der Waals surface area (Å²) in [5.41, 5.74) is -0.286. The molecule has 0 aromatic rings. The molecule has 19 heavy (non-hydrogen) atoms. The van der Waals surface area contributed by atoms with Crippen LogP contribution in [0.2, 0.25) is 0 Å². The van der Waals surface area contributed by atoms with Crippen molar-refractivity contribution in [1.29, 1.82) is 0 Å². The average molecular weight is 269 g/mol. The van der Waals surface area contributed by atoms with Gasteiger partial charge in [0.1, 0.15) is 6.04 Å². The number of nitrogens with one attached hydrogen (secondary N) is 1. The molecule has 0 radical (unpaired) electrons. The number of hydrogen-bond donors (Lipinski definition) is 1. The molecule has 1 rings (SSSR count). The molecule has 1 amide bonds. The van der Waals surface area contributed by atoms with E-state index < -0.39 is 6.04 Å². The molecule has 110 valence electrons. The molecule has 1 atom stereocenters. The Morgan fingerprint density at radius 2 is 1.84 bits per heavy atom. The number of hydrogen-bond acceptors (Lipinski definition) is 3. The molecule has 1 N–H and O–H groups in total. The molecule has 0 aromatic heterocycles. The lowest BCUT2D eigenvalue weighted by atomic mass is 9.69. The monoisotopic (exact) mass is 269 g/mol. The van der Waals surface area contributed by atoms with E-state index in [1.54, 1.807) is 6.92 Å². The first-order valence-corrected chi connectivity index (χ1v) is 7.26. The van der Waals surface area contributed by atoms with Gasteiger partial charge in [-0.25, -0.2) is 4.79 Å². The van der Waals surface area contributed by atoms with Crippen molar-refractivity contribution in [2.45, 2.75) is 59.9 Å². The molecule has 1 unspecified atom stereocenters. The molecule has 0 aliphatic carbocycles. The Balaban J connectivity index is 3.01. The van der Waals surface area contributed by atoms with Gasteiger partial charge in [0.15, 0.2) is 0 Å². The van der Waals surface area contributed by atoms with Crippen molar-refractivity contribution in [1.82, 2.24) is 5.32 Å². The number of rotatable bonds is 6. The van der Waals surface area contributed by atoms with Crippen LogP contribution in [0.3, 0.4) is 0 Å². The Labute approximate surface area is 116 Å². The van der Waals surface area contributed by atoms with Crippen molar-refractivity contribution in [2.24, 2.45) is 17.3 Å². The minimum absolute atomic E-state index is 0.0284. The van der Waals surface area contributed by atoms with Gasteiger partial charge in [0.25, 0.3) is 0 Å². The molecule has 0 bridgehead atoms. The molecular weight excluding hydrogens is 242 g/mol. The Kier molecular flexibility index (Phi) is 5.39. The van der Waals surface area contributed by atoms with E-state index in [-0.39, 0.29) is 17.3 Å². The van der Waals surface area contributed by atoms with Gasteiger partial charge in [-0.15, -0.1) is 0 Å². The number of carbonyl (C=O) groups excluding carboxylic acids is 2. The summed E-state index contributed by atoms with van der Waals surface area (Å²) in [5, 5.41) is 2.83. The fourth-order valence-electron chi connectivity index (χ4n) is 3.41.